The van der Waals surface area contributed by atoms with Crippen molar-refractivity contribution in [1.29, 1.82) is 5.26 Å². The minimum atomic E-state index is -3.95. The first-order valence-electron chi connectivity index (χ1n) is 10.9. The van der Waals surface area contributed by atoms with Crippen molar-refractivity contribution in [2.45, 2.75) is 37.1 Å². The van der Waals surface area contributed by atoms with Crippen molar-refractivity contribution in [2.75, 3.05) is 19.8 Å². The minimum absolute atomic E-state index is 0.0107. The van der Waals surface area contributed by atoms with Crippen molar-refractivity contribution in [3.63, 3.8) is 0 Å². The summed E-state index contributed by atoms with van der Waals surface area (Å²) in [5.41, 5.74) is -0.144. The van der Waals surface area contributed by atoms with E-state index in [1.165, 1.54) is 22.8 Å². The molecule has 1 saturated heterocycles. The van der Waals surface area contributed by atoms with Gasteiger partial charge in [0.2, 0.25) is 10.0 Å². The minimum Gasteiger partial charge on any atom is -0.380 e. The number of imide groups is 1. The molecule has 1 aromatic heterocycles. The van der Waals surface area contributed by atoms with Gasteiger partial charge in [0.05, 0.1) is 30.9 Å². The maximum Gasteiger partial charge on any atom is 0.501 e. The average molecular weight is 486 g/mol. The van der Waals surface area contributed by atoms with Crippen LogP contribution in [0.3, 0.4) is 0 Å². The van der Waals surface area contributed by atoms with E-state index in [2.05, 4.69) is 9.82 Å². The quantitative estimate of drug-likeness (QED) is 0.545. The van der Waals surface area contributed by atoms with E-state index >= 15 is 0 Å². The molecule has 2 aliphatic carbocycles. The fourth-order valence-corrected chi connectivity index (χ4v) is 5.86. The number of allylic oxidation sites excluding steroid dienone is 1. The van der Waals surface area contributed by atoms with Gasteiger partial charge < -0.3 is 4.74 Å². The number of aromatic nitrogens is 2. The van der Waals surface area contributed by atoms with Crippen molar-refractivity contribution < 1.29 is 27.3 Å². The fraction of sp³-hybridized carbons (Fsp3) is 0.500. The van der Waals surface area contributed by atoms with E-state index in [1.807, 2.05) is 13.0 Å². The Balaban J connectivity index is 1.52. The van der Waals surface area contributed by atoms with E-state index in [9.17, 15) is 23.3 Å². The van der Waals surface area contributed by atoms with Crippen molar-refractivity contribution in [2.24, 2.45) is 12.5 Å². The van der Waals surface area contributed by atoms with Crippen LogP contribution in [0.1, 0.15) is 25.3 Å². The summed E-state index contributed by atoms with van der Waals surface area (Å²) in [5.74, 6) is -0.568. The molecule has 12 heteroatoms. The second-order valence-electron chi connectivity index (χ2n) is 9.72. The molecule has 4 aliphatic rings. The van der Waals surface area contributed by atoms with E-state index in [0.29, 0.717) is 43.9 Å². The number of ether oxygens (including phenoxy) is 1. The normalized spacial score (nSPS) is 24.9. The number of nitriles is 1. The Morgan fingerprint density at radius 3 is 2.65 bits per heavy atom. The first-order valence-corrected chi connectivity index (χ1v) is 12.5. The molecule has 0 spiro atoms. The van der Waals surface area contributed by atoms with Crippen LogP contribution in [0.25, 0.3) is 0 Å². The fourth-order valence-electron chi connectivity index (χ4n) is 4.33. The predicted octanol–water partition coefficient (Wildman–Crippen LogP) is 0.213. The standard InChI is InChI=1S/C22H25N6O5S/c1-21(13-33-14-21)12-28-18-4-3-16(34(31,32)25-22(11-23)5-6-22)7-17(18)19(29)27(20(28)30)10-15-8-24-26(2)9-15/h3-4,7-9,16,25H,5-6,10,12-14H2,1-2H3/q+1. The molecule has 11 nitrogen and oxygen atoms in total. The van der Waals surface area contributed by atoms with Crippen LogP contribution in [-0.2, 0) is 33.1 Å². The van der Waals surface area contributed by atoms with E-state index in [1.54, 1.807) is 24.1 Å². The van der Waals surface area contributed by atoms with Crippen LogP contribution in [0.2, 0.25) is 0 Å². The Bertz CT molecular complexity index is 1320. The number of amides is 3. The molecule has 1 saturated carbocycles. The van der Waals surface area contributed by atoms with Gasteiger partial charge >= 0.3 is 11.9 Å². The molecule has 1 N–H and O–H groups in total. The van der Waals surface area contributed by atoms with Crippen LogP contribution in [0.4, 0.5) is 4.79 Å². The Morgan fingerprint density at radius 1 is 1.35 bits per heavy atom. The lowest BCUT2D eigenvalue weighted by atomic mass is 9.87. The maximum atomic E-state index is 13.4. The first kappa shape index (κ1) is 22.6. The number of nitrogens with zero attached hydrogens (tertiary/aromatic N) is 5. The van der Waals surface area contributed by atoms with Crippen molar-refractivity contribution in [3.8, 4) is 6.07 Å². The summed E-state index contributed by atoms with van der Waals surface area (Å²) < 4.78 is 36.9. The van der Waals surface area contributed by atoms with Gasteiger partial charge in [-0.2, -0.15) is 29.4 Å². The maximum absolute atomic E-state index is 13.4. The van der Waals surface area contributed by atoms with Crippen molar-refractivity contribution >= 4 is 27.7 Å². The topological polar surface area (TPSA) is 137 Å². The van der Waals surface area contributed by atoms with Crippen molar-refractivity contribution in [1.82, 2.24) is 19.4 Å². The monoisotopic (exact) mass is 485 g/mol. The summed E-state index contributed by atoms with van der Waals surface area (Å²) in [7, 11) is -2.21. The molecule has 3 heterocycles. The number of rotatable bonds is 7. The number of aryl methyl sites for hydroxylation is 1. The van der Waals surface area contributed by atoms with Crippen molar-refractivity contribution in [3.05, 3.63) is 41.8 Å². The largest absolute Gasteiger partial charge is 0.501 e. The number of hydrogen-bond donors (Lipinski definition) is 1. The summed E-state index contributed by atoms with van der Waals surface area (Å²) in [6, 6.07) is 1.54. The van der Waals surface area contributed by atoms with Gasteiger partial charge in [0, 0.05) is 18.8 Å². The Hall–Kier alpha value is -3.14. The van der Waals surface area contributed by atoms with Crippen LogP contribution in [0.15, 0.2) is 36.2 Å². The molecule has 1 atom stereocenters. The van der Waals surface area contributed by atoms with Gasteiger partial charge in [0.1, 0.15) is 35.2 Å². The van der Waals surface area contributed by atoms with Gasteiger partial charge in [-0.15, -0.1) is 0 Å². The van der Waals surface area contributed by atoms with E-state index in [0.717, 1.165) is 4.90 Å². The van der Waals surface area contributed by atoms with E-state index in [-0.39, 0.29) is 17.5 Å². The number of fused-ring (bicyclic) bond motifs is 1. The summed E-state index contributed by atoms with van der Waals surface area (Å²) >= 11 is 0. The highest BCUT2D eigenvalue weighted by molar-refractivity contribution is 7.90. The van der Waals surface area contributed by atoms with Gasteiger partial charge in [-0.1, -0.05) is 13.0 Å². The molecule has 0 radical (unpaired) electrons. The first-order chi connectivity index (χ1) is 16.0. The van der Waals surface area contributed by atoms with Gasteiger partial charge in [0.15, 0.2) is 0 Å². The molecule has 0 bridgehead atoms. The summed E-state index contributed by atoms with van der Waals surface area (Å²) in [5, 5.41) is 12.2. The number of carbonyl (C=O) groups excluding carboxylic acids is 2. The second kappa shape index (κ2) is 7.69. The number of nitrogens with one attached hydrogen (secondary N) is 1. The van der Waals surface area contributed by atoms with Gasteiger partial charge in [-0.3, -0.25) is 4.68 Å². The second-order valence-corrected chi connectivity index (χ2v) is 11.6. The third-order valence-electron chi connectivity index (χ3n) is 6.48. The average Bonchev–Trinajstić information content (AvgIpc) is 3.42. The summed E-state index contributed by atoms with van der Waals surface area (Å²) in [6.45, 7) is 3.31. The Kier molecular flexibility index (Phi) is 5.12. The smallest absolute Gasteiger partial charge is 0.380 e. The lowest BCUT2D eigenvalue weighted by molar-refractivity contribution is -0.465. The van der Waals surface area contributed by atoms with Crippen LogP contribution in [0, 0.1) is 16.7 Å². The van der Waals surface area contributed by atoms with Gasteiger partial charge in [-0.25, -0.2) is 13.2 Å². The van der Waals surface area contributed by atoms with Crippen LogP contribution < -0.4 is 4.72 Å². The van der Waals surface area contributed by atoms with Crippen LogP contribution in [0.5, 0.6) is 0 Å². The summed E-state index contributed by atoms with van der Waals surface area (Å²) in [6.07, 6.45) is 8.53. The lowest BCUT2D eigenvalue weighted by Crippen LogP contribution is -2.56. The van der Waals surface area contributed by atoms with E-state index < -0.39 is 32.8 Å². The molecule has 5 rings (SSSR count). The molecule has 0 aromatic carbocycles. The molecule has 2 fully saturated rings. The zero-order valence-electron chi connectivity index (χ0n) is 18.9. The summed E-state index contributed by atoms with van der Waals surface area (Å²) in [4.78, 5) is 28.0. The highest BCUT2D eigenvalue weighted by Crippen LogP contribution is 2.36. The molecule has 178 valence electrons. The number of urea groups is 1. The van der Waals surface area contributed by atoms with Crippen LogP contribution in [-0.4, -0.2) is 75.9 Å². The SMILES string of the molecule is Cn1cc(CN2C(=O)C3=CC(S(=O)(=O)NC4(C#N)CC4)C=CC3=[N+](CC3(C)COC3)C2=O)cn1. The zero-order chi connectivity index (χ0) is 24.3. The number of hydrogen-bond acceptors (Lipinski definition) is 7. The number of sulfonamides is 1. The van der Waals surface area contributed by atoms with Gasteiger partial charge in [-0.05, 0) is 25.0 Å². The predicted molar refractivity (Wildman–Crippen MR) is 119 cm³/mol. The third-order valence-corrected chi connectivity index (χ3v) is 8.16. The molecule has 34 heavy (non-hydrogen) atoms. The Labute approximate surface area is 197 Å². The highest BCUT2D eigenvalue weighted by Gasteiger charge is 2.51. The van der Waals surface area contributed by atoms with Gasteiger partial charge in [0.25, 0.3) is 0 Å². The van der Waals surface area contributed by atoms with E-state index in [4.69, 9.17) is 4.74 Å². The van der Waals surface area contributed by atoms with Crippen LogP contribution >= 0.6 is 0 Å². The highest BCUT2D eigenvalue weighted by atomic mass is 32.2. The molecule has 2 aliphatic heterocycles. The number of carbonyl (C=O) groups is 2. The molecule has 1 aromatic rings. The molecule has 1 unspecified atom stereocenters. The third kappa shape index (κ3) is 3.89. The zero-order valence-corrected chi connectivity index (χ0v) is 19.7. The molecular weight excluding hydrogens is 460 g/mol. The Morgan fingerprint density at radius 2 is 2.09 bits per heavy atom. The molecular formula is C22H25N6O5S+. The molecule has 3 amide bonds. The lowest BCUT2D eigenvalue weighted by Gasteiger charge is -2.38.